The van der Waals surface area contributed by atoms with E-state index in [0.29, 0.717) is 23.0 Å². The van der Waals surface area contributed by atoms with E-state index in [2.05, 4.69) is 42.2 Å². The number of rotatable bonds is 3. The number of fused-ring (bicyclic) bond motifs is 4. The smallest absolute Gasteiger partial charge is 0.329 e. The number of methoxy groups -OCH3 is 1. The molecule has 2 amide bonds. The number of ether oxygens (including phenoxy) is 1. The average Bonchev–Trinajstić information content (AvgIpc) is 3.53. The van der Waals surface area contributed by atoms with Crippen LogP contribution >= 0.6 is 11.5 Å². The molecule has 0 bridgehead atoms. The van der Waals surface area contributed by atoms with Crippen LogP contribution in [0.15, 0.2) is 18.5 Å². The van der Waals surface area contributed by atoms with Crippen molar-refractivity contribution in [2.24, 2.45) is 11.8 Å². The maximum absolute atomic E-state index is 12.7. The predicted octanol–water partition coefficient (Wildman–Crippen LogP) is 3.20. The fraction of sp³-hybridized carbons (Fsp3) is 0.450. The van der Waals surface area contributed by atoms with Gasteiger partial charge in [0.25, 0.3) is 0 Å². The molecule has 11 heteroatoms. The summed E-state index contributed by atoms with van der Waals surface area (Å²) in [5.74, 6) is 2.00. The van der Waals surface area contributed by atoms with Gasteiger partial charge in [-0.2, -0.15) is 4.98 Å². The average molecular weight is 439 g/mol. The molecular weight excluding hydrogens is 416 g/mol. The number of carbonyl (C=O) groups is 1. The molecule has 0 radical (unpaired) electrons. The lowest BCUT2D eigenvalue weighted by Crippen LogP contribution is -2.34. The monoisotopic (exact) mass is 438 g/mol. The van der Waals surface area contributed by atoms with Gasteiger partial charge >= 0.3 is 12.0 Å². The first-order valence-corrected chi connectivity index (χ1v) is 11.1. The summed E-state index contributed by atoms with van der Waals surface area (Å²) in [4.78, 5) is 31.2. The van der Waals surface area contributed by atoms with Gasteiger partial charge in [0.05, 0.1) is 18.8 Å². The lowest BCUT2D eigenvalue weighted by molar-refractivity contribution is 0.217. The second kappa shape index (κ2) is 6.91. The molecule has 5 heterocycles. The van der Waals surface area contributed by atoms with E-state index in [1.54, 1.807) is 0 Å². The Bertz CT molecular complexity index is 1280. The van der Waals surface area contributed by atoms with Crippen molar-refractivity contribution in [1.82, 2.24) is 33.8 Å². The van der Waals surface area contributed by atoms with Gasteiger partial charge in [0.1, 0.15) is 17.0 Å². The second-order valence-electron chi connectivity index (χ2n) is 8.33. The van der Waals surface area contributed by atoms with E-state index in [4.69, 9.17) is 9.72 Å². The molecule has 1 saturated carbocycles. The number of nitrogens with one attached hydrogen (secondary N) is 2. The summed E-state index contributed by atoms with van der Waals surface area (Å²) in [5, 5.41) is 4.42. The highest BCUT2D eigenvalue weighted by atomic mass is 32.1. The van der Waals surface area contributed by atoms with Gasteiger partial charge in [-0.25, -0.2) is 14.8 Å². The minimum atomic E-state index is -0.117. The standard InChI is InChI=1S/C20H22N8O2S/c1-10-23-15-7-22-17-14(3-4-21-17)16(15)28(10)13-5-11-8-27(9-12(11)6-13)20(29)25-19-24-18(30-2)26-31-19/h3-4,7,11-13H,5-6,8-9H2,1-2H3,(H,21,22)(H,24,25,26,29)/t11-,12?,13?/m0/s1. The zero-order valence-electron chi connectivity index (χ0n) is 17.2. The van der Waals surface area contributed by atoms with Gasteiger partial charge in [-0.15, -0.1) is 4.37 Å². The zero-order valence-corrected chi connectivity index (χ0v) is 18.0. The fourth-order valence-electron chi connectivity index (χ4n) is 5.31. The number of hydrogen-bond donors (Lipinski definition) is 2. The number of aromatic nitrogens is 6. The summed E-state index contributed by atoms with van der Waals surface area (Å²) in [6.45, 7) is 3.59. The van der Waals surface area contributed by atoms with E-state index >= 15 is 0 Å². The summed E-state index contributed by atoms with van der Waals surface area (Å²) in [7, 11) is 1.51. The summed E-state index contributed by atoms with van der Waals surface area (Å²) in [6, 6.07) is 2.62. The SMILES string of the molecule is COc1nsc(NC(=O)N2CC3CC(n4c(C)nc5cnc6[nH]ccc6c54)C[C@H]3C2)n1. The number of likely N-dealkylation sites (tertiary alicyclic amines) is 1. The third-order valence-electron chi connectivity index (χ3n) is 6.59. The van der Waals surface area contributed by atoms with Crippen LogP contribution in [0.25, 0.3) is 22.1 Å². The molecule has 3 atom stereocenters. The number of pyridine rings is 1. The van der Waals surface area contributed by atoms with Gasteiger partial charge in [-0.05, 0) is 37.7 Å². The molecule has 0 aromatic carbocycles. The van der Waals surface area contributed by atoms with Crippen LogP contribution in [0.5, 0.6) is 6.01 Å². The van der Waals surface area contributed by atoms with Crippen LogP contribution in [0.4, 0.5) is 9.93 Å². The van der Waals surface area contributed by atoms with Gasteiger partial charge in [0.2, 0.25) is 5.13 Å². The van der Waals surface area contributed by atoms with Gasteiger partial charge in [0.15, 0.2) is 0 Å². The van der Waals surface area contributed by atoms with E-state index in [-0.39, 0.29) is 12.0 Å². The fourth-order valence-corrected chi connectivity index (χ4v) is 5.85. The quantitative estimate of drug-likeness (QED) is 0.508. The Morgan fingerprint density at radius 1 is 1.29 bits per heavy atom. The molecule has 1 aliphatic carbocycles. The Labute approximate surface area is 181 Å². The van der Waals surface area contributed by atoms with Crippen LogP contribution in [-0.2, 0) is 0 Å². The Morgan fingerprint density at radius 3 is 2.84 bits per heavy atom. The van der Waals surface area contributed by atoms with Crippen molar-refractivity contribution in [1.29, 1.82) is 0 Å². The molecule has 2 fully saturated rings. The lowest BCUT2D eigenvalue weighted by Gasteiger charge is -2.21. The highest BCUT2D eigenvalue weighted by molar-refractivity contribution is 7.10. The van der Waals surface area contributed by atoms with E-state index < -0.39 is 0 Å². The third kappa shape index (κ3) is 2.94. The van der Waals surface area contributed by atoms with Crippen molar-refractivity contribution >= 4 is 44.8 Å². The van der Waals surface area contributed by atoms with Crippen molar-refractivity contribution in [3.63, 3.8) is 0 Å². The van der Waals surface area contributed by atoms with E-state index in [1.807, 2.05) is 17.3 Å². The number of aromatic amines is 1. The number of anilines is 1. The first-order chi connectivity index (χ1) is 15.1. The summed E-state index contributed by atoms with van der Waals surface area (Å²) >= 11 is 1.12. The molecule has 10 nitrogen and oxygen atoms in total. The number of nitrogens with zero attached hydrogens (tertiary/aromatic N) is 6. The first-order valence-electron chi connectivity index (χ1n) is 10.3. The first kappa shape index (κ1) is 18.6. The number of urea groups is 1. The number of imidazole rings is 1. The molecular formula is C20H22N8O2S. The molecule has 160 valence electrons. The summed E-state index contributed by atoms with van der Waals surface area (Å²) < 4.78 is 11.4. The van der Waals surface area contributed by atoms with E-state index in [0.717, 1.165) is 65.4 Å². The second-order valence-corrected chi connectivity index (χ2v) is 9.08. The van der Waals surface area contributed by atoms with Gasteiger partial charge in [-0.3, -0.25) is 5.32 Å². The molecule has 2 aliphatic rings. The zero-order chi connectivity index (χ0) is 21.1. The molecule has 2 N–H and O–H groups in total. The van der Waals surface area contributed by atoms with Crippen LogP contribution in [0.2, 0.25) is 0 Å². The minimum Gasteiger partial charge on any atom is -0.466 e. The van der Waals surface area contributed by atoms with Crippen LogP contribution in [-0.4, -0.2) is 60.0 Å². The van der Waals surface area contributed by atoms with Crippen molar-refractivity contribution in [2.75, 3.05) is 25.5 Å². The van der Waals surface area contributed by atoms with Crippen LogP contribution < -0.4 is 10.1 Å². The number of aryl methyl sites for hydroxylation is 1. The molecule has 4 aromatic heterocycles. The van der Waals surface area contributed by atoms with Gasteiger partial charge in [0, 0.05) is 42.2 Å². The molecule has 1 saturated heterocycles. The highest BCUT2D eigenvalue weighted by Crippen LogP contribution is 2.46. The van der Waals surface area contributed by atoms with Crippen molar-refractivity contribution in [3.05, 3.63) is 24.3 Å². The summed E-state index contributed by atoms with van der Waals surface area (Å²) in [5.41, 5.74) is 2.99. The Kier molecular flexibility index (Phi) is 4.13. The summed E-state index contributed by atoms with van der Waals surface area (Å²) in [6.07, 6.45) is 5.86. The van der Waals surface area contributed by atoms with Crippen molar-refractivity contribution in [3.8, 4) is 6.01 Å². The molecule has 1 aliphatic heterocycles. The molecule has 4 aromatic rings. The van der Waals surface area contributed by atoms with E-state index in [1.165, 1.54) is 7.11 Å². The number of H-pyrrole nitrogens is 1. The van der Waals surface area contributed by atoms with Gasteiger partial charge < -0.3 is 19.2 Å². The normalized spacial score (nSPS) is 23.0. The largest absolute Gasteiger partial charge is 0.466 e. The number of amides is 2. The lowest BCUT2D eigenvalue weighted by atomic mass is 10.0. The Hall–Kier alpha value is -3.21. The predicted molar refractivity (Wildman–Crippen MR) is 116 cm³/mol. The van der Waals surface area contributed by atoms with Crippen LogP contribution in [0, 0.1) is 18.8 Å². The molecule has 2 unspecified atom stereocenters. The topological polar surface area (TPSA) is 114 Å². The van der Waals surface area contributed by atoms with Crippen LogP contribution in [0.1, 0.15) is 24.7 Å². The maximum atomic E-state index is 12.7. The van der Waals surface area contributed by atoms with Crippen molar-refractivity contribution < 1.29 is 9.53 Å². The van der Waals surface area contributed by atoms with Crippen molar-refractivity contribution in [2.45, 2.75) is 25.8 Å². The minimum absolute atomic E-state index is 0.117. The molecule has 31 heavy (non-hydrogen) atoms. The number of carbonyl (C=O) groups excluding carboxylic acids is 1. The Balaban J connectivity index is 1.20. The Morgan fingerprint density at radius 2 is 2.10 bits per heavy atom. The maximum Gasteiger partial charge on any atom is 0.329 e. The molecule has 6 rings (SSSR count). The van der Waals surface area contributed by atoms with E-state index in [9.17, 15) is 4.79 Å². The molecule has 0 spiro atoms. The number of hydrogen-bond acceptors (Lipinski definition) is 7. The highest BCUT2D eigenvalue weighted by Gasteiger charge is 2.43. The van der Waals surface area contributed by atoms with Crippen LogP contribution in [0.3, 0.4) is 0 Å². The van der Waals surface area contributed by atoms with Gasteiger partial charge in [-0.1, -0.05) is 0 Å². The third-order valence-corrected chi connectivity index (χ3v) is 7.21.